The summed E-state index contributed by atoms with van der Waals surface area (Å²) in [7, 11) is 0. The molecule has 0 amide bonds. The number of alkyl halides is 1. The van der Waals surface area contributed by atoms with Crippen LogP contribution in [0.4, 0.5) is 0 Å². The first-order valence-corrected chi connectivity index (χ1v) is 4.85. The first-order valence-electron chi connectivity index (χ1n) is 4.31. The molecule has 2 aromatic rings. The third kappa shape index (κ3) is 1.54. The van der Waals surface area contributed by atoms with Crippen molar-refractivity contribution in [1.29, 1.82) is 0 Å². The zero-order valence-electron chi connectivity index (χ0n) is 7.47. The third-order valence-corrected chi connectivity index (χ3v) is 2.28. The molecule has 0 fully saturated rings. The first kappa shape index (κ1) is 8.57. The molecule has 0 saturated carbocycles. The fraction of sp³-hybridized carbons (Fsp3) is 0.300. The summed E-state index contributed by atoms with van der Waals surface area (Å²) in [6.07, 6.45) is 0.801. The number of rotatable bonds is 2. The van der Waals surface area contributed by atoms with Gasteiger partial charge in [0.25, 0.3) is 0 Å². The van der Waals surface area contributed by atoms with Gasteiger partial charge in [0.15, 0.2) is 0 Å². The van der Waals surface area contributed by atoms with Crippen molar-refractivity contribution >= 4 is 22.6 Å². The molecule has 0 bridgehead atoms. The number of aryl methyl sites for hydroxylation is 2. The Morgan fingerprint density at radius 3 is 3.00 bits per heavy atom. The van der Waals surface area contributed by atoms with Crippen molar-refractivity contribution in [3.8, 4) is 0 Å². The maximum atomic E-state index is 5.64. The molecule has 0 aliphatic rings. The van der Waals surface area contributed by atoms with Crippen LogP contribution in [0.3, 0.4) is 0 Å². The minimum atomic E-state index is 0.610. The predicted molar refractivity (Wildman–Crippen MR) is 55.3 cm³/mol. The van der Waals surface area contributed by atoms with E-state index in [1.54, 1.807) is 0 Å². The Labute approximate surface area is 81.9 Å². The van der Waals surface area contributed by atoms with E-state index in [2.05, 4.69) is 23.0 Å². The van der Waals surface area contributed by atoms with E-state index in [1.807, 2.05) is 12.1 Å². The molecule has 0 aliphatic heterocycles. The summed E-state index contributed by atoms with van der Waals surface area (Å²) < 4.78 is 0. The number of nitrogens with one attached hydrogen (secondary N) is 1. The molecule has 1 aromatic heterocycles. The molecule has 0 spiro atoms. The summed E-state index contributed by atoms with van der Waals surface area (Å²) in [5.74, 6) is 1.58. The van der Waals surface area contributed by atoms with Crippen LogP contribution in [0.15, 0.2) is 18.2 Å². The largest absolute Gasteiger partial charge is 0.342 e. The van der Waals surface area contributed by atoms with Crippen molar-refractivity contribution in [3.63, 3.8) is 0 Å². The number of hydrogen-bond donors (Lipinski definition) is 1. The fourth-order valence-electron chi connectivity index (χ4n) is 1.43. The molecule has 0 radical (unpaired) electrons. The lowest BCUT2D eigenvalue weighted by atomic mass is 10.2. The molecule has 3 heteroatoms. The van der Waals surface area contributed by atoms with Crippen molar-refractivity contribution in [2.24, 2.45) is 0 Å². The number of H-pyrrole nitrogens is 1. The van der Waals surface area contributed by atoms with Gasteiger partial charge >= 0.3 is 0 Å². The topological polar surface area (TPSA) is 28.7 Å². The Morgan fingerprint density at radius 2 is 2.31 bits per heavy atom. The molecule has 0 aliphatic carbocycles. The van der Waals surface area contributed by atoms with E-state index in [4.69, 9.17) is 11.6 Å². The van der Waals surface area contributed by atoms with Gasteiger partial charge in [0.2, 0.25) is 0 Å². The second kappa shape index (κ2) is 3.38. The van der Waals surface area contributed by atoms with Crippen molar-refractivity contribution in [3.05, 3.63) is 29.6 Å². The summed E-state index contributed by atoms with van der Waals surface area (Å²) in [5, 5.41) is 0. The standard InChI is InChI=1S/C10H11ClN2/c1-7-3-2-4-8-10(7)13-9(12-8)5-6-11/h2-4H,5-6H2,1H3,(H,12,13). The van der Waals surface area contributed by atoms with E-state index >= 15 is 0 Å². The second-order valence-electron chi connectivity index (χ2n) is 3.09. The molecular formula is C10H11ClN2. The number of halogens is 1. The lowest BCUT2D eigenvalue weighted by molar-refractivity contribution is 1.01. The highest BCUT2D eigenvalue weighted by Gasteiger charge is 2.03. The van der Waals surface area contributed by atoms with Crippen LogP contribution in [0.5, 0.6) is 0 Å². The highest BCUT2D eigenvalue weighted by atomic mass is 35.5. The number of aromatic nitrogens is 2. The van der Waals surface area contributed by atoms with Gasteiger partial charge in [-0.05, 0) is 18.6 Å². The Balaban J connectivity index is 2.55. The predicted octanol–water partition coefficient (Wildman–Crippen LogP) is 2.65. The van der Waals surface area contributed by atoms with Crippen molar-refractivity contribution in [1.82, 2.24) is 9.97 Å². The summed E-state index contributed by atoms with van der Waals surface area (Å²) >= 11 is 5.64. The molecule has 2 nitrogen and oxygen atoms in total. The monoisotopic (exact) mass is 194 g/mol. The van der Waals surface area contributed by atoms with E-state index < -0.39 is 0 Å². The Morgan fingerprint density at radius 1 is 1.46 bits per heavy atom. The van der Waals surface area contributed by atoms with E-state index in [9.17, 15) is 0 Å². The third-order valence-electron chi connectivity index (χ3n) is 2.09. The molecule has 68 valence electrons. The average Bonchev–Trinajstić information content (AvgIpc) is 2.49. The van der Waals surface area contributed by atoms with Crippen LogP contribution in [0.1, 0.15) is 11.4 Å². The second-order valence-corrected chi connectivity index (χ2v) is 3.47. The van der Waals surface area contributed by atoms with Crippen LogP contribution in [0.25, 0.3) is 11.0 Å². The lowest BCUT2D eigenvalue weighted by Gasteiger charge is -1.90. The summed E-state index contributed by atoms with van der Waals surface area (Å²) in [6.45, 7) is 2.06. The summed E-state index contributed by atoms with van der Waals surface area (Å²) in [4.78, 5) is 7.70. The van der Waals surface area contributed by atoms with Crippen molar-refractivity contribution < 1.29 is 0 Å². The fourth-order valence-corrected chi connectivity index (χ4v) is 1.61. The van der Waals surface area contributed by atoms with E-state index in [-0.39, 0.29) is 0 Å². The first-order chi connectivity index (χ1) is 6.31. The number of para-hydroxylation sites is 1. The van der Waals surface area contributed by atoms with Gasteiger partial charge in [-0.3, -0.25) is 0 Å². The molecule has 1 aromatic carbocycles. The zero-order valence-corrected chi connectivity index (χ0v) is 8.23. The van der Waals surface area contributed by atoms with Gasteiger partial charge in [0.1, 0.15) is 5.82 Å². The smallest absolute Gasteiger partial charge is 0.108 e. The van der Waals surface area contributed by atoms with Crippen LogP contribution in [0.2, 0.25) is 0 Å². The molecule has 1 heterocycles. The van der Waals surface area contributed by atoms with Gasteiger partial charge in [-0.2, -0.15) is 0 Å². The number of nitrogens with zero attached hydrogens (tertiary/aromatic N) is 1. The molecular weight excluding hydrogens is 184 g/mol. The molecule has 2 rings (SSSR count). The number of fused-ring (bicyclic) bond motifs is 1. The van der Waals surface area contributed by atoms with E-state index in [0.29, 0.717) is 5.88 Å². The number of benzene rings is 1. The maximum Gasteiger partial charge on any atom is 0.108 e. The number of hydrogen-bond acceptors (Lipinski definition) is 1. The molecule has 13 heavy (non-hydrogen) atoms. The van der Waals surface area contributed by atoms with Gasteiger partial charge < -0.3 is 4.98 Å². The number of aromatic amines is 1. The quantitative estimate of drug-likeness (QED) is 0.732. The van der Waals surface area contributed by atoms with Crippen LogP contribution < -0.4 is 0 Å². The van der Waals surface area contributed by atoms with Crippen LogP contribution in [0, 0.1) is 6.92 Å². The van der Waals surface area contributed by atoms with Crippen molar-refractivity contribution in [2.45, 2.75) is 13.3 Å². The Kier molecular flexibility index (Phi) is 2.23. The summed E-state index contributed by atoms with van der Waals surface area (Å²) in [5.41, 5.74) is 3.36. The van der Waals surface area contributed by atoms with Gasteiger partial charge in [0, 0.05) is 12.3 Å². The normalized spacial score (nSPS) is 10.9. The molecule has 0 atom stereocenters. The lowest BCUT2D eigenvalue weighted by Crippen LogP contribution is -1.87. The van der Waals surface area contributed by atoms with Crippen molar-refractivity contribution in [2.75, 3.05) is 5.88 Å². The van der Waals surface area contributed by atoms with Crippen LogP contribution in [-0.2, 0) is 6.42 Å². The minimum absolute atomic E-state index is 0.610. The van der Waals surface area contributed by atoms with Gasteiger partial charge in [0.05, 0.1) is 11.0 Å². The highest BCUT2D eigenvalue weighted by molar-refractivity contribution is 6.17. The van der Waals surface area contributed by atoms with Gasteiger partial charge in [-0.15, -0.1) is 11.6 Å². The Hall–Kier alpha value is -1.02. The molecule has 0 unspecified atom stereocenters. The van der Waals surface area contributed by atoms with E-state index in [1.165, 1.54) is 5.56 Å². The maximum absolute atomic E-state index is 5.64. The number of imidazole rings is 1. The molecule has 0 saturated heterocycles. The molecule has 1 N–H and O–H groups in total. The van der Waals surface area contributed by atoms with Gasteiger partial charge in [-0.25, -0.2) is 4.98 Å². The minimum Gasteiger partial charge on any atom is -0.342 e. The summed E-state index contributed by atoms with van der Waals surface area (Å²) in [6, 6.07) is 6.13. The zero-order chi connectivity index (χ0) is 9.26. The average molecular weight is 195 g/mol. The van der Waals surface area contributed by atoms with Crippen LogP contribution >= 0.6 is 11.6 Å². The van der Waals surface area contributed by atoms with Gasteiger partial charge in [-0.1, -0.05) is 12.1 Å². The van der Waals surface area contributed by atoms with E-state index in [0.717, 1.165) is 23.3 Å². The Bertz CT molecular complexity index is 420. The highest BCUT2D eigenvalue weighted by Crippen LogP contribution is 2.15. The van der Waals surface area contributed by atoms with Crippen LogP contribution in [-0.4, -0.2) is 15.8 Å². The SMILES string of the molecule is Cc1cccc2[nH]c(CCCl)nc12.